The number of hydrogen-bond acceptors (Lipinski definition) is 3. The summed E-state index contributed by atoms with van der Waals surface area (Å²) in [6.45, 7) is 9.83. The molecule has 4 nitrogen and oxygen atoms in total. The fourth-order valence-electron chi connectivity index (χ4n) is 1.52. The molecule has 0 atom stereocenters. The lowest BCUT2D eigenvalue weighted by molar-refractivity contribution is 0.346. The minimum absolute atomic E-state index is 0.140. The fourth-order valence-corrected chi connectivity index (χ4v) is 2.36. The molecular formula is C13H19NO3S. The monoisotopic (exact) mass is 269 g/mol. The zero-order chi connectivity index (χ0) is 13.9. The van der Waals surface area contributed by atoms with Gasteiger partial charge in [0.15, 0.2) is 0 Å². The second kappa shape index (κ2) is 5.54. The second-order valence-corrected chi connectivity index (χ2v) is 5.78. The minimum atomic E-state index is -3.68. The highest BCUT2D eigenvalue weighted by Gasteiger charge is 2.15. The van der Waals surface area contributed by atoms with Crippen molar-refractivity contribution in [1.29, 1.82) is 0 Å². The number of sulfonamides is 1. The van der Waals surface area contributed by atoms with E-state index in [0.717, 1.165) is 17.6 Å². The molecule has 0 bridgehead atoms. The predicted molar refractivity (Wildman–Crippen MR) is 72.2 cm³/mol. The largest absolute Gasteiger partial charge is 0.489 e. The van der Waals surface area contributed by atoms with Gasteiger partial charge in [-0.1, -0.05) is 13.5 Å². The van der Waals surface area contributed by atoms with Crippen molar-refractivity contribution in [3.05, 3.63) is 35.4 Å². The van der Waals surface area contributed by atoms with Gasteiger partial charge in [0, 0.05) is 0 Å². The first-order valence-electron chi connectivity index (χ1n) is 5.69. The van der Waals surface area contributed by atoms with Crippen molar-refractivity contribution >= 4 is 10.0 Å². The zero-order valence-electron chi connectivity index (χ0n) is 11.0. The number of rotatable bonds is 5. The molecule has 0 fully saturated rings. The molecule has 18 heavy (non-hydrogen) atoms. The molecule has 0 radical (unpaired) electrons. The van der Waals surface area contributed by atoms with E-state index in [1.165, 1.54) is 6.07 Å². The van der Waals surface area contributed by atoms with Crippen LogP contribution in [0.15, 0.2) is 29.2 Å². The third-order valence-electron chi connectivity index (χ3n) is 2.93. The van der Waals surface area contributed by atoms with Crippen LogP contribution in [0.3, 0.4) is 0 Å². The number of benzene rings is 1. The number of nitrogens with two attached hydrogens (primary N) is 1. The van der Waals surface area contributed by atoms with Gasteiger partial charge in [0.2, 0.25) is 10.0 Å². The molecule has 0 aliphatic heterocycles. The summed E-state index contributed by atoms with van der Waals surface area (Å²) in [7, 11) is -3.68. The first-order valence-corrected chi connectivity index (χ1v) is 7.24. The lowest BCUT2D eigenvalue weighted by Gasteiger charge is -2.14. The Bertz CT molecular complexity index is 562. The summed E-state index contributed by atoms with van der Waals surface area (Å²) in [4.78, 5) is 0.140. The molecule has 0 saturated carbocycles. The molecule has 0 aliphatic rings. The average Bonchev–Trinajstić information content (AvgIpc) is 2.28. The van der Waals surface area contributed by atoms with Gasteiger partial charge in [-0.25, -0.2) is 13.6 Å². The van der Waals surface area contributed by atoms with E-state index in [1.807, 2.05) is 13.8 Å². The molecule has 0 heterocycles. The number of primary sulfonamides is 1. The Morgan fingerprint density at radius 3 is 2.44 bits per heavy atom. The number of ether oxygens (including phenoxy) is 1. The summed E-state index contributed by atoms with van der Waals surface area (Å²) < 4.78 is 28.3. The van der Waals surface area contributed by atoms with Crippen LogP contribution in [0.1, 0.15) is 24.5 Å². The number of hydrogen-bond donors (Lipinski definition) is 1. The lowest BCUT2D eigenvalue weighted by Crippen LogP contribution is -2.14. The van der Waals surface area contributed by atoms with Crippen molar-refractivity contribution in [1.82, 2.24) is 0 Å². The van der Waals surface area contributed by atoms with E-state index in [0.29, 0.717) is 17.9 Å². The predicted octanol–water partition coefficient (Wildman–Crippen LogP) is 2.30. The van der Waals surface area contributed by atoms with Crippen LogP contribution in [-0.4, -0.2) is 15.0 Å². The maximum absolute atomic E-state index is 11.4. The Hall–Kier alpha value is -1.33. The molecule has 0 spiro atoms. The van der Waals surface area contributed by atoms with Gasteiger partial charge in [0.25, 0.3) is 0 Å². The highest BCUT2D eigenvalue weighted by atomic mass is 32.2. The van der Waals surface area contributed by atoms with Gasteiger partial charge in [-0.2, -0.15) is 0 Å². The zero-order valence-corrected chi connectivity index (χ0v) is 11.8. The lowest BCUT2D eigenvalue weighted by atomic mass is 10.1. The van der Waals surface area contributed by atoms with Crippen LogP contribution in [0.25, 0.3) is 0 Å². The topological polar surface area (TPSA) is 69.4 Å². The third kappa shape index (κ3) is 3.34. The summed E-state index contributed by atoms with van der Waals surface area (Å²) in [6.07, 6.45) is 0.854. The van der Waals surface area contributed by atoms with Crippen LogP contribution in [0.4, 0.5) is 0 Å². The van der Waals surface area contributed by atoms with Crippen molar-refractivity contribution in [2.45, 2.75) is 32.1 Å². The van der Waals surface area contributed by atoms with Crippen molar-refractivity contribution in [3.63, 3.8) is 0 Å². The molecule has 1 aromatic rings. The van der Waals surface area contributed by atoms with E-state index in [2.05, 4.69) is 6.58 Å². The molecule has 0 aliphatic carbocycles. The summed E-state index contributed by atoms with van der Waals surface area (Å²) in [6, 6.07) is 3.10. The SMILES string of the molecule is C=C(CC)COc1ccc(S(N)(=O)=O)c(C)c1C. The Morgan fingerprint density at radius 1 is 1.33 bits per heavy atom. The molecular weight excluding hydrogens is 250 g/mol. The van der Waals surface area contributed by atoms with Gasteiger partial charge in [-0.05, 0) is 49.1 Å². The molecule has 0 amide bonds. The van der Waals surface area contributed by atoms with Crippen LogP contribution < -0.4 is 9.88 Å². The van der Waals surface area contributed by atoms with Gasteiger partial charge >= 0.3 is 0 Å². The highest BCUT2D eigenvalue weighted by Crippen LogP contribution is 2.26. The molecule has 0 unspecified atom stereocenters. The van der Waals surface area contributed by atoms with Crippen LogP contribution in [-0.2, 0) is 10.0 Å². The van der Waals surface area contributed by atoms with Crippen LogP contribution in [0.5, 0.6) is 5.75 Å². The van der Waals surface area contributed by atoms with Gasteiger partial charge in [-0.3, -0.25) is 0 Å². The molecule has 5 heteroatoms. The van der Waals surface area contributed by atoms with E-state index in [1.54, 1.807) is 13.0 Å². The van der Waals surface area contributed by atoms with E-state index < -0.39 is 10.0 Å². The van der Waals surface area contributed by atoms with Gasteiger partial charge < -0.3 is 4.74 Å². The van der Waals surface area contributed by atoms with Crippen LogP contribution >= 0.6 is 0 Å². The standard InChI is InChI=1S/C13H19NO3S/c1-5-9(2)8-17-12-6-7-13(18(14,15)16)11(4)10(12)3/h6-7H,2,5,8H2,1,3-4H3,(H2,14,15,16). The first kappa shape index (κ1) is 14.7. The smallest absolute Gasteiger partial charge is 0.238 e. The molecule has 0 aromatic heterocycles. The van der Waals surface area contributed by atoms with Gasteiger partial charge in [0.1, 0.15) is 12.4 Å². The molecule has 1 aromatic carbocycles. The minimum Gasteiger partial charge on any atom is -0.489 e. The molecule has 100 valence electrons. The Labute approximate surface area is 109 Å². The van der Waals surface area contributed by atoms with E-state index in [-0.39, 0.29) is 4.90 Å². The first-order chi connectivity index (χ1) is 8.27. The van der Waals surface area contributed by atoms with E-state index >= 15 is 0 Å². The van der Waals surface area contributed by atoms with E-state index in [9.17, 15) is 8.42 Å². The summed E-state index contributed by atoms with van der Waals surface area (Å²) in [5.41, 5.74) is 2.39. The molecule has 1 rings (SSSR count). The third-order valence-corrected chi connectivity index (χ3v) is 3.98. The highest BCUT2D eigenvalue weighted by molar-refractivity contribution is 7.89. The Kier molecular flexibility index (Phi) is 4.53. The molecule has 2 N–H and O–H groups in total. The van der Waals surface area contributed by atoms with Crippen molar-refractivity contribution in [2.24, 2.45) is 5.14 Å². The quantitative estimate of drug-likeness (QED) is 0.834. The Balaban J connectivity index is 3.06. The maximum atomic E-state index is 11.4. The van der Waals surface area contributed by atoms with Gasteiger partial charge in [-0.15, -0.1) is 0 Å². The second-order valence-electron chi connectivity index (χ2n) is 4.25. The maximum Gasteiger partial charge on any atom is 0.238 e. The summed E-state index contributed by atoms with van der Waals surface area (Å²) >= 11 is 0. The average molecular weight is 269 g/mol. The Morgan fingerprint density at radius 2 is 1.94 bits per heavy atom. The van der Waals surface area contributed by atoms with Crippen molar-refractivity contribution in [3.8, 4) is 5.75 Å². The summed E-state index contributed by atoms with van der Waals surface area (Å²) in [5.74, 6) is 0.662. The fraction of sp³-hybridized carbons (Fsp3) is 0.385. The van der Waals surface area contributed by atoms with Crippen molar-refractivity contribution < 1.29 is 13.2 Å². The van der Waals surface area contributed by atoms with Crippen LogP contribution in [0.2, 0.25) is 0 Å². The summed E-state index contributed by atoms with van der Waals surface area (Å²) in [5, 5.41) is 5.14. The van der Waals surface area contributed by atoms with E-state index in [4.69, 9.17) is 9.88 Å². The normalized spacial score (nSPS) is 11.3. The van der Waals surface area contributed by atoms with Crippen molar-refractivity contribution in [2.75, 3.05) is 6.61 Å². The van der Waals surface area contributed by atoms with Gasteiger partial charge in [0.05, 0.1) is 4.90 Å². The van der Waals surface area contributed by atoms with Crippen LogP contribution in [0, 0.1) is 13.8 Å². The molecule has 0 saturated heterocycles.